The molecule has 126 valence electrons. The van der Waals surface area contributed by atoms with Gasteiger partial charge in [-0.1, -0.05) is 0 Å². The number of rotatable bonds is 4. The Morgan fingerprint density at radius 2 is 2.17 bits per heavy atom. The van der Waals surface area contributed by atoms with Crippen LogP contribution in [0.1, 0.15) is 6.23 Å². The zero-order chi connectivity index (χ0) is 16.8. The normalized spacial score (nSPS) is 28.5. The highest BCUT2D eigenvalue weighted by Crippen LogP contribution is 2.39. The number of nitrogens with two attached hydrogens (primary N) is 1. The predicted molar refractivity (Wildman–Crippen MR) is 72.5 cm³/mol. The van der Waals surface area contributed by atoms with E-state index in [-0.39, 0.29) is 17.0 Å². The summed E-state index contributed by atoms with van der Waals surface area (Å²) in [6, 6.07) is 0. The Morgan fingerprint density at radius 1 is 1.43 bits per heavy atom. The second-order valence-corrected chi connectivity index (χ2v) is 6.11. The lowest BCUT2D eigenvalue weighted by atomic mass is 10.1. The van der Waals surface area contributed by atoms with Crippen molar-refractivity contribution in [3.8, 4) is 0 Å². The van der Waals surface area contributed by atoms with Crippen LogP contribution in [0, 0.1) is 0 Å². The number of anilines is 1. The van der Waals surface area contributed by atoms with Crippen LogP contribution >= 0.6 is 7.82 Å². The van der Waals surface area contributed by atoms with Crippen LogP contribution in [-0.2, 0) is 13.8 Å². The van der Waals surface area contributed by atoms with Crippen molar-refractivity contribution in [3.05, 3.63) is 12.7 Å². The molecule has 1 fully saturated rings. The van der Waals surface area contributed by atoms with Crippen LogP contribution in [0.5, 0.6) is 0 Å². The summed E-state index contributed by atoms with van der Waals surface area (Å²) in [6.45, 7) is -0.719. The maximum Gasteiger partial charge on any atom is 0.469 e. The summed E-state index contributed by atoms with van der Waals surface area (Å²) < 4.78 is 35.6. The van der Waals surface area contributed by atoms with E-state index in [1.807, 2.05) is 0 Å². The van der Waals surface area contributed by atoms with Crippen LogP contribution in [0.3, 0.4) is 0 Å². The van der Waals surface area contributed by atoms with Gasteiger partial charge in [-0.15, -0.1) is 0 Å². The first kappa shape index (κ1) is 16.2. The summed E-state index contributed by atoms with van der Waals surface area (Å²) in [5.74, 6) is 0.111. The molecule has 1 unspecified atom stereocenters. The van der Waals surface area contributed by atoms with E-state index in [2.05, 4.69) is 19.5 Å². The largest absolute Gasteiger partial charge is 0.469 e. The number of hydrogen-bond acceptors (Lipinski definition) is 8. The molecule has 3 rings (SSSR count). The number of phosphoric acid groups is 1. The lowest BCUT2D eigenvalue weighted by molar-refractivity contribution is -0.0489. The molecule has 1 saturated heterocycles. The molecular weight excluding hydrogens is 336 g/mol. The molecular formula is C10H13FN5O6P. The topological polar surface area (TPSA) is 166 Å². The number of nitrogen functional groups attached to an aromatic ring is 1. The summed E-state index contributed by atoms with van der Waals surface area (Å²) in [4.78, 5) is 29.0. The highest BCUT2D eigenvalue weighted by atomic mass is 31.2. The zero-order valence-corrected chi connectivity index (χ0v) is 12.3. The van der Waals surface area contributed by atoms with E-state index in [1.54, 1.807) is 0 Å². The fourth-order valence-electron chi connectivity index (χ4n) is 2.30. The molecule has 0 aromatic carbocycles. The minimum atomic E-state index is -4.77. The first-order chi connectivity index (χ1) is 10.8. The molecule has 0 aliphatic carbocycles. The minimum Gasteiger partial charge on any atom is -0.385 e. The van der Waals surface area contributed by atoms with Crippen LogP contribution in [0.2, 0.25) is 0 Å². The van der Waals surface area contributed by atoms with E-state index in [4.69, 9.17) is 20.3 Å². The third kappa shape index (κ3) is 3.04. The summed E-state index contributed by atoms with van der Waals surface area (Å²) in [5.41, 5.74) is 6.13. The van der Waals surface area contributed by atoms with E-state index in [1.165, 1.54) is 17.2 Å². The number of ether oxygens (including phenoxy) is 1. The van der Waals surface area contributed by atoms with Gasteiger partial charge in [0.05, 0.1) is 12.9 Å². The van der Waals surface area contributed by atoms with Crippen molar-refractivity contribution in [1.29, 1.82) is 0 Å². The molecule has 5 N–H and O–H groups in total. The Labute approximate surface area is 128 Å². The molecule has 1 aliphatic heterocycles. The molecule has 11 nitrogen and oxygen atoms in total. The standard InChI is InChI=1S/C10H13FN5O6P/c11-5-4(1-21-23(18,19)20)22-10(7(5)17)16-3-15-6-8(12)13-2-14-9(6)16/h2-5,7,10,17H,1H2,(H2,12,13,14)(H2,18,19,20)/t4-,5-,7?,10-/m1/s1. The van der Waals surface area contributed by atoms with Crippen molar-refractivity contribution in [2.24, 2.45) is 0 Å². The van der Waals surface area contributed by atoms with Crippen molar-refractivity contribution < 1.29 is 33.1 Å². The molecule has 2 aromatic rings. The van der Waals surface area contributed by atoms with Gasteiger partial charge in [0, 0.05) is 0 Å². The molecule has 0 saturated carbocycles. The van der Waals surface area contributed by atoms with Crippen molar-refractivity contribution in [2.45, 2.75) is 24.6 Å². The molecule has 13 heteroatoms. The van der Waals surface area contributed by atoms with Crippen LogP contribution in [0.4, 0.5) is 10.2 Å². The molecule has 0 amide bonds. The van der Waals surface area contributed by atoms with Gasteiger partial charge >= 0.3 is 7.82 Å². The molecule has 1 aliphatic rings. The Bertz CT molecular complexity index is 767. The Kier molecular flexibility index (Phi) is 4.04. The first-order valence-electron chi connectivity index (χ1n) is 6.38. The lowest BCUT2D eigenvalue weighted by Gasteiger charge is -2.16. The molecule has 0 spiro atoms. The van der Waals surface area contributed by atoms with E-state index in [0.29, 0.717) is 0 Å². The Hall–Kier alpha value is -1.69. The predicted octanol–water partition coefficient (Wildman–Crippen LogP) is -0.886. The SMILES string of the molecule is Nc1ncnc2c1ncn2[C@@H]1O[C@H](COP(=O)(O)O)[C@@H](F)C1O. The van der Waals surface area contributed by atoms with Gasteiger partial charge in [-0.2, -0.15) is 0 Å². The maximum absolute atomic E-state index is 14.1. The van der Waals surface area contributed by atoms with E-state index in [9.17, 15) is 14.1 Å². The van der Waals surface area contributed by atoms with E-state index in [0.717, 1.165) is 0 Å². The average molecular weight is 349 g/mol. The van der Waals surface area contributed by atoms with Crippen molar-refractivity contribution >= 4 is 24.8 Å². The molecule has 23 heavy (non-hydrogen) atoms. The Morgan fingerprint density at radius 3 is 2.87 bits per heavy atom. The Balaban J connectivity index is 1.85. The quantitative estimate of drug-likeness (QED) is 0.509. The van der Waals surface area contributed by atoms with Gasteiger partial charge < -0.3 is 25.4 Å². The molecule has 0 bridgehead atoms. The number of aliphatic hydroxyl groups is 1. The molecule has 2 aromatic heterocycles. The third-order valence-corrected chi connectivity index (χ3v) is 3.84. The number of nitrogens with zero attached hydrogens (tertiary/aromatic N) is 4. The molecule has 4 atom stereocenters. The van der Waals surface area contributed by atoms with Gasteiger partial charge in [0.25, 0.3) is 0 Å². The second kappa shape index (κ2) is 5.74. The van der Waals surface area contributed by atoms with Crippen molar-refractivity contribution in [2.75, 3.05) is 12.3 Å². The lowest BCUT2D eigenvalue weighted by Crippen LogP contribution is -2.30. The van der Waals surface area contributed by atoms with Crippen LogP contribution in [0.25, 0.3) is 11.2 Å². The second-order valence-electron chi connectivity index (χ2n) is 4.87. The zero-order valence-electron chi connectivity index (χ0n) is 11.4. The van der Waals surface area contributed by atoms with Gasteiger partial charge in [0.15, 0.2) is 23.9 Å². The van der Waals surface area contributed by atoms with Crippen LogP contribution in [-0.4, -0.2) is 59.4 Å². The van der Waals surface area contributed by atoms with Gasteiger partial charge in [-0.05, 0) is 0 Å². The number of phosphoric ester groups is 1. The summed E-state index contributed by atoms with van der Waals surface area (Å²) in [6.07, 6.45) is -3.65. The number of halogens is 1. The number of aliphatic hydroxyl groups excluding tert-OH is 1. The molecule has 0 radical (unpaired) electrons. The monoisotopic (exact) mass is 349 g/mol. The molecule has 3 heterocycles. The highest BCUT2D eigenvalue weighted by Gasteiger charge is 2.46. The van der Waals surface area contributed by atoms with E-state index < -0.39 is 39.0 Å². The summed E-state index contributed by atoms with van der Waals surface area (Å²) >= 11 is 0. The number of fused-ring (bicyclic) bond motifs is 1. The smallest absolute Gasteiger partial charge is 0.385 e. The summed E-state index contributed by atoms with van der Waals surface area (Å²) in [5, 5.41) is 9.99. The minimum absolute atomic E-state index is 0.111. The number of hydrogen-bond donors (Lipinski definition) is 4. The highest BCUT2D eigenvalue weighted by molar-refractivity contribution is 7.46. The number of imidazole rings is 1. The fourth-order valence-corrected chi connectivity index (χ4v) is 2.64. The fraction of sp³-hybridized carbons (Fsp3) is 0.500. The third-order valence-electron chi connectivity index (χ3n) is 3.36. The average Bonchev–Trinajstić information content (AvgIpc) is 3.01. The van der Waals surface area contributed by atoms with Crippen molar-refractivity contribution in [3.63, 3.8) is 0 Å². The van der Waals surface area contributed by atoms with Gasteiger partial charge in [-0.25, -0.2) is 23.9 Å². The van der Waals surface area contributed by atoms with Crippen molar-refractivity contribution in [1.82, 2.24) is 19.5 Å². The summed E-state index contributed by atoms with van der Waals surface area (Å²) in [7, 11) is -4.77. The van der Waals surface area contributed by atoms with E-state index >= 15 is 0 Å². The van der Waals surface area contributed by atoms with Gasteiger partial charge in [0.2, 0.25) is 0 Å². The first-order valence-corrected chi connectivity index (χ1v) is 7.91. The van der Waals surface area contributed by atoms with Crippen LogP contribution < -0.4 is 5.73 Å². The van der Waals surface area contributed by atoms with Gasteiger partial charge in [0.1, 0.15) is 24.1 Å². The van der Waals surface area contributed by atoms with Gasteiger partial charge in [-0.3, -0.25) is 9.09 Å². The number of alkyl halides is 1. The van der Waals surface area contributed by atoms with Crippen LogP contribution in [0.15, 0.2) is 12.7 Å². The maximum atomic E-state index is 14.1. The number of aromatic nitrogens is 4.